The SMILES string of the molecule is O=C(CO)c1cccc(O)c1C(=O)c1ccccc1. The molecule has 0 aliphatic heterocycles. The number of ketones is 2. The first-order valence-electron chi connectivity index (χ1n) is 5.71. The van der Waals surface area contributed by atoms with Gasteiger partial charge in [-0.3, -0.25) is 9.59 Å². The number of Topliss-reactive ketones (excluding diaryl/α,β-unsaturated/α-hetero) is 1. The van der Waals surface area contributed by atoms with Crippen LogP contribution in [0.5, 0.6) is 5.75 Å². The second-order valence-electron chi connectivity index (χ2n) is 3.98. The van der Waals surface area contributed by atoms with Crippen LogP contribution < -0.4 is 0 Å². The second-order valence-corrected chi connectivity index (χ2v) is 3.98. The lowest BCUT2D eigenvalue weighted by molar-refractivity contribution is 0.0895. The molecule has 4 heteroatoms. The Balaban J connectivity index is 2.56. The first kappa shape index (κ1) is 13.0. The van der Waals surface area contributed by atoms with Crippen LogP contribution in [-0.2, 0) is 0 Å². The fraction of sp³-hybridized carbons (Fsp3) is 0.0667. The molecule has 2 aromatic rings. The van der Waals surface area contributed by atoms with Crippen LogP contribution >= 0.6 is 0 Å². The standard InChI is InChI=1S/C15H12O4/c16-9-13(18)11-7-4-8-12(17)14(11)15(19)10-5-2-1-3-6-10/h1-8,16-17H,9H2. The zero-order valence-corrected chi connectivity index (χ0v) is 10.0. The number of rotatable bonds is 4. The zero-order chi connectivity index (χ0) is 13.8. The van der Waals surface area contributed by atoms with Crippen LogP contribution in [0.4, 0.5) is 0 Å². The van der Waals surface area contributed by atoms with Gasteiger partial charge in [-0.1, -0.05) is 42.5 Å². The summed E-state index contributed by atoms with van der Waals surface area (Å²) in [7, 11) is 0. The number of aliphatic hydroxyl groups is 1. The van der Waals surface area contributed by atoms with Gasteiger partial charge >= 0.3 is 0 Å². The minimum atomic E-state index is -0.710. The van der Waals surface area contributed by atoms with Gasteiger partial charge in [0.1, 0.15) is 12.4 Å². The summed E-state index contributed by atoms with van der Waals surface area (Å²) in [5, 5.41) is 18.7. The quantitative estimate of drug-likeness (QED) is 0.818. The highest BCUT2D eigenvalue weighted by molar-refractivity contribution is 6.17. The molecule has 0 amide bonds. The number of aliphatic hydroxyl groups excluding tert-OH is 1. The molecule has 0 spiro atoms. The molecule has 0 fully saturated rings. The van der Waals surface area contributed by atoms with Crippen molar-refractivity contribution in [3.05, 3.63) is 65.2 Å². The van der Waals surface area contributed by atoms with E-state index in [2.05, 4.69) is 0 Å². The summed E-state index contributed by atoms with van der Waals surface area (Å²) in [6, 6.07) is 12.6. The van der Waals surface area contributed by atoms with Crippen LogP contribution in [0.2, 0.25) is 0 Å². The van der Waals surface area contributed by atoms with Crippen molar-refractivity contribution >= 4 is 11.6 Å². The van der Waals surface area contributed by atoms with E-state index in [0.717, 1.165) is 0 Å². The Morgan fingerprint density at radius 3 is 2.26 bits per heavy atom. The highest BCUT2D eigenvalue weighted by Crippen LogP contribution is 2.24. The van der Waals surface area contributed by atoms with Gasteiger partial charge in [-0.2, -0.15) is 0 Å². The van der Waals surface area contributed by atoms with Crippen LogP contribution in [0, 0.1) is 0 Å². The summed E-state index contributed by atoms with van der Waals surface area (Å²) >= 11 is 0. The zero-order valence-electron chi connectivity index (χ0n) is 10.0. The normalized spacial score (nSPS) is 10.2. The van der Waals surface area contributed by atoms with E-state index in [1.54, 1.807) is 30.3 Å². The fourth-order valence-corrected chi connectivity index (χ4v) is 1.83. The van der Waals surface area contributed by atoms with Crippen LogP contribution in [0.1, 0.15) is 26.3 Å². The monoisotopic (exact) mass is 256 g/mol. The molecular formula is C15H12O4. The number of phenols is 1. The number of hydrogen-bond acceptors (Lipinski definition) is 4. The number of benzene rings is 2. The van der Waals surface area contributed by atoms with Crippen molar-refractivity contribution in [2.45, 2.75) is 0 Å². The van der Waals surface area contributed by atoms with Crippen molar-refractivity contribution in [2.24, 2.45) is 0 Å². The van der Waals surface area contributed by atoms with Gasteiger partial charge in [0, 0.05) is 11.1 Å². The molecule has 0 unspecified atom stereocenters. The second kappa shape index (κ2) is 5.46. The Hall–Kier alpha value is -2.46. The lowest BCUT2D eigenvalue weighted by atomic mass is 9.95. The van der Waals surface area contributed by atoms with Crippen molar-refractivity contribution in [1.29, 1.82) is 0 Å². The fourth-order valence-electron chi connectivity index (χ4n) is 1.83. The average Bonchev–Trinajstić information content (AvgIpc) is 2.46. The third kappa shape index (κ3) is 2.53. The summed E-state index contributed by atoms with van der Waals surface area (Å²) in [6.45, 7) is -0.710. The van der Waals surface area contributed by atoms with Crippen LogP contribution in [0.15, 0.2) is 48.5 Å². The van der Waals surface area contributed by atoms with E-state index < -0.39 is 18.2 Å². The van der Waals surface area contributed by atoms with Gasteiger partial charge < -0.3 is 10.2 Å². The number of carbonyl (C=O) groups excluding carboxylic acids is 2. The Labute approximate surface area is 109 Å². The molecule has 96 valence electrons. The molecule has 4 nitrogen and oxygen atoms in total. The van der Waals surface area contributed by atoms with Gasteiger partial charge in [-0.05, 0) is 6.07 Å². The van der Waals surface area contributed by atoms with E-state index in [9.17, 15) is 14.7 Å². The molecule has 2 N–H and O–H groups in total. The minimum Gasteiger partial charge on any atom is -0.507 e. The molecule has 19 heavy (non-hydrogen) atoms. The van der Waals surface area contributed by atoms with Crippen molar-refractivity contribution in [3.63, 3.8) is 0 Å². The maximum Gasteiger partial charge on any atom is 0.197 e. The Bertz CT molecular complexity index is 617. The summed E-state index contributed by atoms with van der Waals surface area (Å²) in [5.74, 6) is -1.32. The van der Waals surface area contributed by atoms with Gasteiger partial charge in [0.05, 0.1) is 5.56 Å². The number of carbonyl (C=O) groups is 2. The summed E-state index contributed by atoms with van der Waals surface area (Å²) < 4.78 is 0. The summed E-state index contributed by atoms with van der Waals surface area (Å²) in [5.41, 5.74) is 0.320. The molecule has 0 saturated heterocycles. The van der Waals surface area contributed by atoms with Crippen LogP contribution in [0.25, 0.3) is 0 Å². The number of aromatic hydroxyl groups is 1. The molecular weight excluding hydrogens is 244 g/mol. The molecule has 0 heterocycles. The van der Waals surface area contributed by atoms with E-state index >= 15 is 0 Å². The smallest absolute Gasteiger partial charge is 0.197 e. The van der Waals surface area contributed by atoms with Crippen LogP contribution in [-0.4, -0.2) is 28.4 Å². The van der Waals surface area contributed by atoms with Crippen LogP contribution in [0.3, 0.4) is 0 Å². The molecule has 0 aliphatic carbocycles. The van der Waals surface area contributed by atoms with E-state index in [1.165, 1.54) is 18.2 Å². The topological polar surface area (TPSA) is 74.6 Å². The highest BCUT2D eigenvalue weighted by Gasteiger charge is 2.21. The largest absolute Gasteiger partial charge is 0.507 e. The third-order valence-electron chi connectivity index (χ3n) is 2.75. The van der Waals surface area contributed by atoms with E-state index in [0.29, 0.717) is 5.56 Å². The maximum atomic E-state index is 12.3. The first-order valence-corrected chi connectivity index (χ1v) is 5.71. The molecule has 0 atom stereocenters. The average molecular weight is 256 g/mol. The Morgan fingerprint density at radius 2 is 1.63 bits per heavy atom. The summed E-state index contributed by atoms with van der Waals surface area (Å²) in [6.07, 6.45) is 0. The molecule has 2 rings (SSSR count). The van der Waals surface area contributed by atoms with Gasteiger partial charge in [-0.25, -0.2) is 0 Å². The third-order valence-corrected chi connectivity index (χ3v) is 2.75. The first-order chi connectivity index (χ1) is 9.15. The predicted molar refractivity (Wildman–Crippen MR) is 69.4 cm³/mol. The van der Waals surface area contributed by atoms with Gasteiger partial charge in [0.15, 0.2) is 11.6 Å². The van der Waals surface area contributed by atoms with Gasteiger partial charge in [-0.15, -0.1) is 0 Å². The lowest BCUT2D eigenvalue weighted by Gasteiger charge is -2.09. The molecule has 2 aromatic carbocycles. The van der Waals surface area contributed by atoms with E-state index in [-0.39, 0.29) is 16.9 Å². The minimum absolute atomic E-state index is 0.0244. The Kier molecular flexibility index (Phi) is 3.73. The maximum absolute atomic E-state index is 12.3. The molecule has 0 radical (unpaired) electrons. The highest BCUT2D eigenvalue weighted by atomic mass is 16.3. The van der Waals surface area contributed by atoms with Gasteiger partial charge in [0.25, 0.3) is 0 Å². The van der Waals surface area contributed by atoms with E-state index in [4.69, 9.17) is 5.11 Å². The molecule has 0 bridgehead atoms. The van der Waals surface area contributed by atoms with Crippen molar-refractivity contribution in [1.82, 2.24) is 0 Å². The predicted octanol–water partition coefficient (Wildman–Crippen LogP) is 1.80. The summed E-state index contributed by atoms with van der Waals surface area (Å²) in [4.78, 5) is 23.9. The van der Waals surface area contributed by atoms with Gasteiger partial charge in [0.2, 0.25) is 0 Å². The molecule has 0 saturated carbocycles. The lowest BCUT2D eigenvalue weighted by Crippen LogP contribution is -2.13. The Morgan fingerprint density at radius 1 is 0.947 bits per heavy atom. The van der Waals surface area contributed by atoms with Crippen molar-refractivity contribution in [3.8, 4) is 5.75 Å². The number of hydrogen-bond donors (Lipinski definition) is 2. The molecule has 0 aliphatic rings. The van der Waals surface area contributed by atoms with Crippen molar-refractivity contribution < 1.29 is 19.8 Å². The molecule has 0 aromatic heterocycles. The number of phenolic OH excluding ortho intramolecular Hbond substituents is 1. The van der Waals surface area contributed by atoms with E-state index in [1.807, 2.05) is 0 Å². The van der Waals surface area contributed by atoms with Crippen molar-refractivity contribution in [2.75, 3.05) is 6.61 Å².